The lowest BCUT2D eigenvalue weighted by molar-refractivity contribution is -0.305. The van der Waals surface area contributed by atoms with Gasteiger partial charge in [0.1, 0.15) is 24.4 Å². The van der Waals surface area contributed by atoms with E-state index in [2.05, 4.69) is 38.2 Å². The fourth-order valence-electron chi connectivity index (χ4n) is 11.5. The molecule has 0 aliphatic carbocycles. The van der Waals surface area contributed by atoms with Gasteiger partial charge >= 0.3 is 5.97 Å². The molecular formula is C71H135NO10. The molecule has 6 N–H and O–H groups in total. The highest BCUT2D eigenvalue weighted by Crippen LogP contribution is 2.26. The van der Waals surface area contributed by atoms with Crippen LogP contribution in [-0.4, -0.2) is 99.6 Å². The van der Waals surface area contributed by atoms with Crippen LogP contribution >= 0.6 is 0 Å². The number of aliphatic hydroxyl groups excluding tert-OH is 5. The number of ether oxygens (including phenoxy) is 3. The van der Waals surface area contributed by atoms with Crippen molar-refractivity contribution >= 4 is 11.9 Å². The van der Waals surface area contributed by atoms with E-state index in [0.29, 0.717) is 19.3 Å². The van der Waals surface area contributed by atoms with Crippen molar-refractivity contribution in [2.75, 3.05) is 13.2 Å². The molecule has 1 saturated heterocycles. The van der Waals surface area contributed by atoms with E-state index in [1.807, 2.05) is 6.08 Å². The lowest BCUT2D eigenvalue weighted by Gasteiger charge is -2.41. The van der Waals surface area contributed by atoms with Gasteiger partial charge in [-0.1, -0.05) is 321 Å². The first-order valence-corrected chi connectivity index (χ1v) is 35.6. The Morgan fingerprint density at radius 3 is 1.18 bits per heavy atom. The molecule has 0 aromatic rings. The summed E-state index contributed by atoms with van der Waals surface area (Å²) in [6.45, 7) is 5.83. The minimum Gasteiger partial charge on any atom is -0.454 e. The molecule has 8 atom stereocenters. The Kier molecular flexibility index (Phi) is 56.7. The SMILES string of the molecule is CCCCCCCCC/C=C\CCCCCC(=O)OC1C(OCC(NC(=O)C(O)CCCCCCCCCCCCCCCCCCCCCCCCCCCC)C(O)/C=C/CCCCCCCCCCCCC)OC(CO)C(O)C1O. The molecule has 8 unspecified atom stereocenters. The Labute approximate surface area is 505 Å². The molecule has 11 nitrogen and oxygen atoms in total. The van der Waals surface area contributed by atoms with Gasteiger partial charge in [0.25, 0.3) is 0 Å². The normalized spacial score (nSPS) is 18.7. The van der Waals surface area contributed by atoms with E-state index in [-0.39, 0.29) is 13.0 Å². The number of allylic oxidation sites excluding steroid dienone is 3. The Morgan fingerprint density at radius 1 is 0.463 bits per heavy atom. The molecule has 11 heteroatoms. The second-order valence-corrected chi connectivity index (χ2v) is 25.0. The first-order valence-electron chi connectivity index (χ1n) is 35.6. The molecule has 1 aliphatic rings. The maximum Gasteiger partial charge on any atom is 0.306 e. The van der Waals surface area contributed by atoms with Gasteiger partial charge in [0.05, 0.1) is 25.4 Å². The van der Waals surface area contributed by atoms with Crippen LogP contribution in [0.2, 0.25) is 0 Å². The molecule has 1 heterocycles. The number of rotatable bonds is 62. The lowest BCUT2D eigenvalue weighted by Crippen LogP contribution is -2.61. The van der Waals surface area contributed by atoms with E-state index in [1.54, 1.807) is 6.08 Å². The van der Waals surface area contributed by atoms with Gasteiger partial charge in [-0.25, -0.2) is 0 Å². The van der Waals surface area contributed by atoms with Crippen molar-refractivity contribution < 1.29 is 49.3 Å². The second kappa shape index (κ2) is 59.5. The molecular weight excluding hydrogens is 1030 g/mol. The second-order valence-electron chi connectivity index (χ2n) is 25.0. The van der Waals surface area contributed by atoms with Crippen LogP contribution in [0.25, 0.3) is 0 Å². The summed E-state index contributed by atoms with van der Waals surface area (Å²) in [6, 6.07) is -1.02. The Morgan fingerprint density at radius 2 is 0.805 bits per heavy atom. The summed E-state index contributed by atoms with van der Waals surface area (Å²) in [5, 5.41) is 57.2. The number of carbonyl (C=O) groups is 2. The minimum absolute atomic E-state index is 0.107. The molecule has 1 fully saturated rings. The molecule has 0 spiro atoms. The summed E-state index contributed by atoms with van der Waals surface area (Å²) in [5.74, 6) is -1.19. The summed E-state index contributed by atoms with van der Waals surface area (Å²) < 4.78 is 17.7. The minimum atomic E-state index is -1.62. The fraction of sp³-hybridized carbons (Fsp3) is 0.915. The topological polar surface area (TPSA) is 175 Å². The molecule has 1 aliphatic heterocycles. The van der Waals surface area contributed by atoms with Crippen LogP contribution in [0.1, 0.15) is 355 Å². The lowest BCUT2D eigenvalue weighted by atomic mass is 9.99. The van der Waals surface area contributed by atoms with Gasteiger partial charge in [-0.15, -0.1) is 0 Å². The summed E-state index contributed by atoms with van der Waals surface area (Å²) in [4.78, 5) is 26.6. The molecule has 0 aromatic carbocycles. The van der Waals surface area contributed by atoms with Gasteiger partial charge in [-0.3, -0.25) is 9.59 Å². The third-order valence-corrected chi connectivity index (χ3v) is 17.1. The van der Waals surface area contributed by atoms with Crippen molar-refractivity contribution in [2.45, 2.75) is 404 Å². The molecule has 82 heavy (non-hydrogen) atoms. The highest BCUT2D eigenvalue weighted by atomic mass is 16.7. The smallest absolute Gasteiger partial charge is 0.306 e. The third-order valence-electron chi connectivity index (χ3n) is 17.1. The van der Waals surface area contributed by atoms with Gasteiger partial charge < -0.3 is 45.1 Å². The number of amides is 1. The Balaban J connectivity index is 2.55. The van der Waals surface area contributed by atoms with Crippen molar-refractivity contribution in [3.8, 4) is 0 Å². The largest absolute Gasteiger partial charge is 0.454 e. The van der Waals surface area contributed by atoms with Crippen LogP contribution in [0.5, 0.6) is 0 Å². The van der Waals surface area contributed by atoms with Crippen molar-refractivity contribution in [3.05, 3.63) is 24.3 Å². The zero-order valence-corrected chi connectivity index (χ0v) is 53.9. The van der Waals surface area contributed by atoms with E-state index >= 15 is 0 Å². The quantitative estimate of drug-likeness (QED) is 0.0195. The average Bonchev–Trinajstić information content (AvgIpc) is 3.45. The Hall–Kier alpha value is -1.86. The van der Waals surface area contributed by atoms with Gasteiger partial charge in [0.2, 0.25) is 5.91 Å². The predicted octanol–water partition coefficient (Wildman–Crippen LogP) is 18.0. The average molecular weight is 1160 g/mol. The molecule has 1 amide bonds. The number of esters is 1. The number of carbonyl (C=O) groups excluding carboxylic acids is 2. The maximum atomic E-state index is 13.5. The van der Waals surface area contributed by atoms with Gasteiger partial charge in [-0.2, -0.15) is 0 Å². The molecule has 0 bridgehead atoms. The highest BCUT2D eigenvalue weighted by Gasteiger charge is 2.47. The van der Waals surface area contributed by atoms with Crippen LogP contribution < -0.4 is 5.32 Å². The number of aliphatic hydroxyl groups is 5. The predicted molar refractivity (Wildman–Crippen MR) is 343 cm³/mol. The van der Waals surface area contributed by atoms with Gasteiger partial charge in [0.15, 0.2) is 12.4 Å². The number of unbranched alkanes of at least 4 members (excludes halogenated alkanes) is 46. The number of nitrogens with one attached hydrogen (secondary N) is 1. The van der Waals surface area contributed by atoms with Crippen LogP contribution in [0, 0.1) is 0 Å². The van der Waals surface area contributed by atoms with E-state index in [0.717, 1.165) is 64.2 Å². The number of hydrogen-bond acceptors (Lipinski definition) is 10. The van der Waals surface area contributed by atoms with E-state index in [9.17, 15) is 35.1 Å². The van der Waals surface area contributed by atoms with Gasteiger partial charge in [-0.05, 0) is 51.4 Å². The van der Waals surface area contributed by atoms with Crippen LogP contribution in [0.4, 0.5) is 0 Å². The molecule has 1 rings (SSSR count). The summed E-state index contributed by atoms with van der Waals surface area (Å²) in [6.07, 6.45) is 60.9. The highest BCUT2D eigenvalue weighted by molar-refractivity contribution is 5.80. The first-order chi connectivity index (χ1) is 40.2. The van der Waals surface area contributed by atoms with Crippen molar-refractivity contribution in [1.82, 2.24) is 5.32 Å². The monoisotopic (exact) mass is 1160 g/mol. The Bertz CT molecular complexity index is 1430. The first kappa shape index (κ1) is 78.2. The summed E-state index contributed by atoms with van der Waals surface area (Å²) in [5.41, 5.74) is 0. The van der Waals surface area contributed by atoms with Crippen molar-refractivity contribution in [1.29, 1.82) is 0 Å². The standard InChI is InChI=1S/C71H135NO10/c1-4-7-10-13-16-19-22-25-27-28-29-30-31-32-33-34-35-36-37-38-40-43-46-49-52-55-58-64(75)70(79)72-62(63(74)57-54-51-48-45-42-39-24-21-18-15-12-9-6-3)61-80-71-69(68(78)67(77)65(60-73)81-71)82-66(76)59-56-53-50-47-44-41-26-23-20-17-14-11-8-5-2/h41,44,54,57,62-65,67-69,71,73-75,77-78H,4-40,42-43,45-53,55-56,58-61H2,1-3H3,(H,72,79)/b44-41-,57-54+. The van der Waals surface area contributed by atoms with Gasteiger partial charge in [0, 0.05) is 6.42 Å². The molecule has 0 aromatic heterocycles. The van der Waals surface area contributed by atoms with Crippen molar-refractivity contribution in [2.24, 2.45) is 0 Å². The van der Waals surface area contributed by atoms with E-state index in [1.165, 1.54) is 244 Å². The maximum absolute atomic E-state index is 13.5. The van der Waals surface area contributed by atoms with Crippen molar-refractivity contribution in [3.63, 3.8) is 0 Å². The van der Waals surface area contributed by atoms with Crippen LogP contribution in [-0.2, 0) is 23.8 Å². The zero-order valence-electron chi connectivity index (χ0n) is 53.9. The molecule has 484 valence electrons. The van der Waals surface area contributed by atoms with E-state index < -0.39 is 67.4 Å². The summed E-state index contributed by atoms with van der Waals surface area (Å²) >= 11 is 0. The summed E-state index contributed by atoms with van der Waals surface area (Å²) in [7, 11) is 0. The molecule has 0 saturated carbocycles. The number of hydrogen-bond donors (Lipinski definition) is 6. The van der Waals surface area contributed by atoms with E-state index in [4.69, 9.17) is 14.2 Å². The third kappa shape index (κ3) is 46.4. The zero-order chi connectivity index (χ0) is 59.6. The van der Waals surface area contributed by atoms with Crippen LogP contribution in [0.15, 0.2) is 24.3 Å². The molecule has 0 radical (unpaired) electrons. The fourth-order valence-corrected chi connectivity index (χ4v) is 11.5. The van der Waals surface area contributed by atoms with Crippen LogP contribution in [0.3, 0.4) is 0 Å².